The highest BCUT2D eigenvalue weighted by Gasteiger charge is 2.32. The molecule has 0 aliphatic carbocycles. The maximum Gasteiger partial charge on any atom is 0.433 e. The fraction of sp³-hybridized carbons (Fsp3) is 0.556. The molecule has 0 bridgehead atoms. The second kappa shape index (κ2) is 7.56. The van der Waals surface area contributed by atoms with E-state index in [4.69, 9.17) is 0 Å². The number of hydrogen-bond donors (Lipinski definition) is 1. The average molecular weight is 355 g/mol. The predicted molar refractivity (Wildman–Crippen MR) is 90.7 cm³/mol. The SMILES string of the molecule is CC(C)(C)C(=O)NCCN1CC=C(c2cccc(C(F)(F)F)n2)CC1. The summed E-state index contributed by atoms with van der Waals surface area (Å²) >= 11 is 0. The number of amides is 1. The molecule has 1 aliphatic heterocycles. The van der Waals surface area contributed by atoms with Crippen LogP contribution in [-0.2, 0) is 11.0 Å². The smallest absolute Gasteiger partial charge is 0.354 e. The monoisotopic (exact) mass is 355 g/mol. The second-order valence-corrected chi connectivity index (χ2v) is 7.19. The first-order valence-corrected chi connectivity index (χ1v) is 8.32. The summed E-state index contributed by atoms with van der Waals surface area (Å²) in [6.07, 6.45) is -1.87. The van der Waals surface area contributed by atoms with Crippen LogP contribution < -0.4 is 5.32 Å². The molecule has 0 unspecified atom stereocenters. The number of nitrogens with zero attached hydrogens (tertiary/aromatic N) is 2. The lowest BCUT2D eigenvalue weighted by Gasteiger charge is -2.27. The van der Waals surface area contributed by atoms with Crippen LogP contribution in [0.3, 0.4) is 0 Å². The van der Waals surface area contributed by atoms with Gasteiger partial charge in [0.05, 0.1) is 5.69 Å². The molecule has 25 heavy (non-hydrogen) atoms. The topological polar surface area (TPSA) is 45.2 Å². The summed E-state index contributed by atoms with van der Waals surface area (Å²) in [6.45, 7) is 8.22. The number of nitrogens with one attached hydrogen (secondary N) is 1. The minimum atomic E-state index is -4.43. The lowest BCUT2D eigenvalue weighted by molar-refractivity contribution is -0.141. The molecule has 1 aromatic rings. The quantitative estimate of drug-likeness (QED) is 0.901. The fourth-order valence-corrected chi connectivity index (χ4v) is 2.51. The zero-order valence-corrected chi connectivity index (χ0v) is 14.8. The van der Waals surface area contributed by atoms with Crippen molar-refractivity contribution >= 4 is 11.5 Å². The Labute approximate surface area is 146 Å². The molecule has 1 N–H and O–H groups in total. The first-order valence-electron chi connectivity index (χ1n) is 8.32. The minimum Gasteiger partial charge on any atom is -0.354 e. The number of rotatable bonds is 4. The van der Waals surface area contributed by atoms with Gasteiger partial charge >= 0.3 is 6.18 Å². The standard InChI is InChI=1S/C18H24F3N3O/c1-17(2,3)16(25)22-9-12-24-10-7-13(8-11-24)14-5-4-6-15(23-14)18(19,20)21/h4-7H,8-12H2,1-3H3,(H,22,25). The molecule has 0 spiro atoms. The Morgan fingerprint density at radius 3 is 2.56 bits per heavy atom. The lowest BCUT2D eigenvalue weighted by Crippen LogP contribution is -2.41. The molecular formula is C18H24F3N3O. The van der Waals surface area contributed by atoms with Crippen LogP contribution in [0.4, 0.5) is 13.2 Å². The van der Waals surface area contributed by atoms with E-state index in [0.717, 1.165) is 18.2 Å². The fourth-order valence-electron chi connectivity index (χ4n) is 2.51. The van der Waals surface area contributed by atoms with Gasteiger partial charge in [0.2, 0.25) is 5.91 Å². The van der Waals surface area contributed by atoms with Gasteiger partial charge in [0.25, 0.3) is 0 Å². The van der Waals surface area contributed by atoms with Crippen molar-refractivity contribution in [1.29, 1.82) is 0 Å². The zero-order chi connectivity index (χ0) is 18.7. The summed E-state index contributed by atoms with van der Waals surface area (Å²) in [5.41, 5.74) is -0.0563. The largest absolute Gasteiger partial charge is 0.433 e. The van der Waals surface area contributed by atoms with Crippen molar-refractivity contribution in [1.82, 2.24) is 15.2 Å². The van der Waals surface area contributed by atoms with Crippen LogP contribution in [-0.4, -0.2) is 42.0 Å². The van der Waals surface area contributed by atoms with E-state index in [9.17, 15) is 18.0 Å². The van der Waals surface area contributed by atoms with E-state index in [2.05, 4.69) is 15.2 Å². The van der Waals surface area contributed by atoms with E-state index in [0.29, 0.717) is 31.7 Å². The Kier molecular flexibility index (Phi) is 5.87. The Morgan fingerprint density at radius 2 is 2.00 bits per heavy atom. The number of carbonyl (C=O) groups excluding carboxylic acids is 1. The summed E-state index contributed by atoms with van der Waals surface area (Å²) in [5.74, 6) is 0.00825. The molecule has 0 saturated heterocycles. The van der Waals surface area contributed by atoms with E-state index >= 15 is 0 Å². The second-order valence-electron chi connectivity index (χ2n) is 7.19. The summed E-state index contributed by atoms with van der Waals surface area (Å²) in [4.78, 5) is 17.7. The van der Waals surface area contributed by atoms with Crippen LogP contribution >= 0.6 is 0 Å². The number of alkyl halides is 3. The van der Waals surface area contributed by atoms with Crippen molar-refractivity contribution in [3.05, 3.63) is 35.7 Å². The van der Waals surface area contributed by atoms with E-state index in [1.165, 1.54) is 6.07 Å². The van der Waals surface area contributed by atoms with Crippen LogP contribution in [0, 0.1) is 5.41 Å². The Bertz CT molecular complexity index is 648. The summed E-state index contributed by atoms with van der Waals surface area (Å²) in [7, 11) is 0. The molecule has 138 valence electrons. The molecule has 0 saturated carbocycles. The summed E-state index contributed by atoms with van der Waals surface area (Å²) < 4.78 is 38.3. The first kappa shape index (κ1) is 19.4. The number of pyridine rings is 1. The molecule has 0 radical (unpaired) electrons. The van der Waals surface area contributed by atoms with E-state index in [1.807, 2.05) is 26.8 Å². The van der Waals surface area contributed by atoms with Gasteiger partial charge in [-0.3, -0.25) is 9.69 Å². The third-order valence-corrected chi connectivity index (χ3v) is 4.06. The molecule has 1 aliphatic rings. The molecular weight excluding hydrogens is 331 g/mol. The van der Waals surface area contributed by atoms with Gasteiger partial charge in [-0.2, -0.15) is 13.2 Å². The van der Waals surface area contributed by atoms with Crippen molar-refractivity contribution < 1.29 is 18.0 Å². The van der Waals surface area contributed by atoms with Crippen LogP contribution in [0.1, 0.15) is 38.6 Å². The van der Waals surface area contributed by atoms with Crippen LogP contribution in [0.15, 0.2) is 24.3 Å². The molecule has 0 fully saturated rings. The van der Waals surface area contributed by atoms with Gasteiger partial charge in [0.15, 0.2) is 0 Å². The maximum absolute atomic E-state index is 12.8. The van der Waals surface area contributed by atoms with E-state index in [1.54, 1.807) is 6.07 Å². The number of aromatic nitrogens is 1. The Morgan fingerprint density at radius 1 is 1.28 bits per heavy atom. The highest BCUT2D eigenvalue weighted by atomic mass is 19.4. The molecule has 0 atom stereocenters. The van der Waals surface area contributed by atoms with Crippen LogP contribution in [0.2, 0.25) is 0 Å². The zero-order valence-electron chi connectivity index (χ0n) is 14.8. The molecule has 2 rings (SSSR count). The van der Waals surface area contributed by atoms with Gasteiger partial charge in [-0.1, -0.05) is 32.9 Å². The number of carbonyl (C=O) groups is 1. The lowest BCUT2D eigenvalue weighted by atomic mass is 9.96. The van der Waals surface area contributed by atoms with E-state index in [-0.39, 0.29) is 5.91 Å². The minimum absolute atomic E-state index is 0.00825. The highest BCUT2D eigenvalue weighted by Crippen LogP contribution is 2.29. The van der Waals surface area contributed by atoms with Gasteiger partial charge in [-0.05, 0) is 24.1 Å². The molecule has 4 nitrogen and oxygen atoms in total. The summed E-state index contributed by atoms with van der Waals surface area (Å²) in [6, 6.07) is 3.98. The van der Waals surface area contributed by atoms with Crippen molar-refractivity contribution in [2.75, 3.05) is 26.2 Å². The van der Waals surface area contributed by atoms with Gasteiger partial charge in [0.1, 0.15) is 5.69 Å². The molecule has 7 heteroatoms. The van der Waals surface area contributed by atoms with Crippen molar-refractivity contribution in [2.24, 2.45) is 5.41 Å². The Balaban J connectivity index is 1.89. The molecule has 1 amide bonds. The number of hydrogen-bond acceptors (Lipinski definition) is 3. The Hall–Kier alpha value is -1.89. The third-order valence-electron chi connectivity index (χ3n) is 4.06. The van der Waals surface area contributed by atoms with Gasteiger partial charge in [-0.25, -0.2) is 4.98 Å². The normalized spacial score (nSPS) is 16.5. The first-order chi connectivity index (χ1) is 11.6. The third kappa shape index (κ3) is 5.56. The number of halogens is 3. The maximum atomic E-state index is 12.8. The van der Waals surface area contributed by atoms with Crippen LogP contribution in [0.25, 0.3) is 5.57 Å². The summed E-state index contributed by atoms with van der Waals surface area (Å²) in [5, 5.41) is 2.90. The van der Waals surface area contributed by atoms with Crippen molar-refractivity contribution in [3.8, 4) is 0 Å². The molecule has 2 heterocycles. The van der Waals surface area contributed by atoms with Gasteiger partial charge < -0.3 is 5.32 Å². The molecule has 1 aromatic heterocycles. The van der Waals surface area contributed by atoms with Crippen molar-refractivity contribution in [2.45, 2.75) is 33.4 Å². The van der Waals surface area contributed by atoms with Crippen LogP contribution in [0.5, 0.6) is 0 Å². The van der Waals surface area contributed by atoms with Gasteiger partial charge in [0, 0.05) is 31.6 Å². The van der Waals surface area contributed by atoms with E-state index < -0.39 is 17.3 Å². The molecule has 0 aromatic carbocycles. The van der Waals surface area contributed by atoms with Crippen molar-refractivity contribution in [3.63, 3.8) is 0 Å². The van der Waals surface area contributed by atoms with Gasteiger partial charge in [-0.15, -0.1) is 0 Å². The highest BCUT2D eigenvalue weighted by molar-refractivity contribution is 5.81. The predicted octanol–water partition coefficient (Wildman–Crippen LogP) is 3.35. The average Bonchev–Trinajstić information content (AvgIpc) is 2.54.